The van der Waals surface area contributed by atoms with Gasteiger partial charge in [0, 0.05) is 6.42 Å². The van der Waals surface area contributed by atoms with Crippen molar-refractivity contribution in [1.29, 1.82) is 0 Å². The van der Waals surface area contributed by atoms with E-state index < -0.39 is 23.4 Å². The number of carbonyl (C=O) groups excluding carboxylic acids is 1. The van der Waals surface area contributed by atoms with Crippen molar-refractivity contribution < 1.29 is 37.4 Å². The molecule has 2 heterocycles. The molecule has 190 valence electrons. The number of benzene rings is 1. The van der Waals surface area contributed by atoms with E-state index in [0.29, 0.717) is 19.8 Å². The van der Waals surface area contributed by atoms with Crippen LogP contribution in [0.3, 0.4) is 0 Å². The summed E-state index contributed by atoms with van der Waals surface area (Å²) >= 11 is 0. The van der Waals surface area contributed by atoms with E-state index in [2.05, 4.69) is 9.72 Å². The number of fused-ring (bicyclic) bond motifs is 1. The second kappa shape index (κ2) is 13.9. The Bertz CT molecular complexity index is 842. The van der Waals surface area contributed by atoms with Crippen molar-refractivity contribution >= 4 is 17.1 Å². The first-order valence-electron chi connectivity index (χ1n) is 10.8. The van der Waals surface area contributed by atoms with Gasteiger partial charge in [-0.15, -0.1) is 0 Å². The summed E-state index contributed by atoms with van der Waals surface area (Å²) < 4.78 is 54.0. The van der Waals surface area contributed by atoms with Gasteiger partial charge in [0.1, 0.15) is 16.9 Å². The topological polar surface area (TPSA) is 109 Å². The minimum absolute atomic E-state index is 0.0963. The van der Waals surface area contributed by atoms with Gasteiger partial charge in [-0.3, -0.25) is 0 Å². The van der Waals surface area contributed by atoms with Crippen molar-refractivity contribution in [3.63, 3.8) is 0 Å². The molecule has 33 heavy (non-hydrogen) atoms. The van der Waals surface area contributed by atoms with Gasteiger partial charge in [-0.25, -0.2) is 9.78 Å². The van der Waals surface area contributed by atoms with Crippen LogP contribution in [0.25, 0.3) is 11.0 Å². The number of carbonyl (C=O) groups is 1. The fourth-order valence-corrected chi connectivity index (χ4v) is 2.59. The number of rotatable bonds is 2. The van der Waals surface area contributed by atoms with Crippen molar-refractivity contribution in [1.82, 2.24) is 9.71 Å². The number of imidazole rings is 1. The number of primary amides is 1. The summed E-state index contributed by atoms with van der Waals surface area (Å²) in [6.45, 7) is 14.6. The molecule has 1 fully saturated rings. The average Bonchev–Trinajstić information content (AvgIpc) is 3.04. The van der Waals surface area contributed by atoms with Crippen LogP contribution < -0.4 is 5.73 Å². The Morgan fingerprint density at radius 3 is 2.24 bits per heavy atom. The second-order valence-corrected chi connectivity index (χ2v) is 7.35. The van der Waals surface area contributed by atoms with Crippen LogP contribution in [0.4, 0.5) is 18.0 Å². The molecular formula is C22H36F3N3O5. The van der Waals surface area contributed by atoms with E-state index in [1.807, 2.05) is 27.7 Å². The maximum atomic E-state index is 12.7. The minimum Gasteiger partial charge on any atom is -0.444 e. The Morgan fingerprint density at radius 2 is 1.82 bits per heavy atom. The van der Waals surface area contributed by atoms with Crippen LogP contribution in [0.15, 0.2) is 18.2 Å². The van der Waals surface area contributed by atoms with E-state index in [1.54, 1.807) is 20.8 Å². The van der Waals surface area contributed by atoms with E-state index in [9.17, 15) is 23.2 Å². The van der Waals surface area contributed by atoms with Crippen molar-refractivity contribution in [3.05, 3.63) is 29.6 Å². The summed E-state index contributed by atoms with van der Waals surface area (Å²) in [5, 5.41) is 9.99. The molecule has 1 saturated heterocycles. The zero-order valence-electron chi connectivity index (χ0n) is 20.3. The van der Waals surface area contributed by atoms with Gasteiger partial charge in [-0.1, -0.05) is 27.7 Å². The number of halogens is 3. The smallest absolute Gasteiger partial charge is 0.416 e. The lowest BCUT2D eigenvalue weighted by Crippen LogP contribution is -2.31. The minimum atomic E-state index is -4.44. The van der Waals surface area contributed by atoms with Crippen molar-refractivity contribution in [2.24, 2.45) is 5.73 Å². The van der Waals surface area contributed by atoms with E-state index in [1.165, 1.54) is 6.07 Å². The molecule has 8 nitrogen and oxygen atoms in total. The van der Waals surface area contributed by atoms with Gasteiger partial charge in [0.2, 0.25) is 0 Å². The number of hydrogen-bond donors (Lipinski definition) is 2. The second-order valence-electron chi connectivity index (χ2n) is 7.35. The van der Waals surface area contributed by atoms with Crippen LogP contribution >= 0.6 is 0 Å². The van der Waals surface area contributed by atoms with Gasteiger partial charge in [-0.2, -0.15) is 17.9 Å². The molecule has 3 N–H and O–H groups in total. The van der Waals surface area contributed by atoms with E-state index in [0.717, 1.165) is 16.9 Å². The molecule has 1 atom stereocenters. The molecule has 0 unspecified atom stereocenters. The lowest BCUT2D eigenvalue weighted by Gasteiger charge is -2.22. The number of alkyl halides is 3. The summed E-state index contributed by atoms with van der Waals surface area (Å²) in [4.78, 5) is 14.1. The first kappa shape index (κ1) is 30.5. The molecule has 0 bridgehead atoms. The number of nitrogens with two attached hydrogens (primary N) is 1. The molecule has 3 rings (SSSR count). The Balaban J connectivity index is 0.000000724. The normalized spacial score (nSPS) is 15.8. The quantitative estimate of drug-likeness (QED) is 0.575. The summed E-state index contributed by atoms with van der Waals surface area (Å²) in [5.41, 5.74) is 3.80. The Morgan fingerprint density at radius 1 is 1.21 bits per heavy atom. The third-order valence-corrected chi connectivity index (χ3v) is 3.73. The highest BCUT2D eigenvalue weighted by atomic mass is 19.4. The Kier molecular flexibility index (Phi) is 12.8. The highest BCUT2D eigenvalue weighted by Crippen LogP contribution is 2.31. The van der Waals surface area contributed by atoms with Gasteiger partial charge < -0.3 is 25.2 Å². The average molecular weight is 480 g/mol. The Labute approximate surface area is 192 Å². The number of amides is 1. The maximum Gasteiger partial charge on any atom is 0.416 e. The van der Waals surface area contributed by atoms with Gasteiger partial charge in [-0.05, 0) is 39.0 Å². The highest BCUT2D eigenvalue weighted by molar-refractivity contribution is 5.76. The van der Waals surface area contributed by atoms with Crippen molar-refractivity contribution in [3.8, 4) is 0 Å². The van der Waals surface area contributed by atoms with E-state index in [-0.39, 0.29) is 29.4 Å². The van der Waals surface area contributed by atoms with E-state index in [4.69, 9.17) is 15.2 Å². The molecule has 0 radical (unpaired) electrons. The molecule has 0 spiro atoms. The van der Waals surface area contributed by atoms with Crippen LogP contribution in [0.5, 0.6) is 0 Å². The SMILES string of the molecule is CC.CC.CC(C)(C)OC(N)=O.On1c(C[C@H]2COCCO2)nc2cc(C(F)(F)F)ccc21. The zero-order valence-corrected chi connectivity index (χ0v) is 20.3. The lowest BCUT2D eigenvalue weighted by atomic mass is 10.2. The summed E-state index contributed by atoms with van der Waals surface area (Å²) in [6, 6.07) is 3.04. The molecule has 2 aromatic rings. The summed E-state index contributed by atoms with van der Waals surface area (Å²) in [5.74, 6) is 0.250. The number of ether oxygens (including phenoxy) is 3. The fraction of sp³-hybridized carbons (Fsp3) is 0.636. The van der Waals surface area contributed by atoms with Crippen molar-refractivity contribution in [2.75, 3.05) is 19.8 Å². The fourth-order valence-electron chi connectivity index (χ4n) is 2.59. The molecule has 1 aliphatic rings. The Hall–Kier alpha value is -2.53. The van der Waals surface area contributed by atoms with Crippen LogP contribution in [0, 0.1) is 0 Å². The molecular weight excluding hydrogens is 443 g/mol. The molecule has 1 aromatic heterocycles. The predicted molar refractivity (Wildman–Crippen MR) is 119 cm³/mol. The number of nitrogens with zero attached hydrogens (tertiary/aromatic N) is 2. The highest BCUT2D eigenvalue weighted by Gasteiger charge is 2.31. The van der Waals surface area contributed by atoms with Crippen LogP contribution in [-0.4, -0.2) is 52.5 Å². The zero-order chi connectivity index (χ0) is 25.8. The van der Waals surface area contributed by atoms with Crippen LogP contribution in [0.2, 0.25) is 0 Å². The van der Waals surface area contributed by atoms with Crippen molar-refractivity contribution in [2.45, 2.75) is 72.8 Å². The molecule has 11 heteroatoms. The summed E-state index contributed by atoms with van der Waals surface area (Å²) in [7, 11) is 0. The first-order chi connectivity index (χ1) is 15.4. The van der Waals surface area contributed by atoms with Gasteiger partial charge in [0.15, 0.2) is 0 Å². The van der Waals surface area contributed by atoms with Gasteiger partial charge >= 0.3 is 12.3 Å². The molecule has 1 aromatic carbocycles. The molecule has 0 aliphatic carbocycles. The predicted octanol–water partition coefficient (Wildman–Crippen LogP) is 5.18. The standard InChI is InChI=1S/C13H13F3N2O3.C5H11NO2.2C2H6/c14-13(15,16)8-1-2-11-10(5-8)17-12(18(11)19)6-9-7-20-3-4-21-9;1-5(2,3)8-4(6)7;2*1-2/h1-2,5,9,19H,3-4,6-7H2;1-3H3,(H2,6,7);2*1-2H3/t9-;;;/m0.../s1. The third kappa shape index (κ3) is 10.8. The molecule has 0 saturated carbocycles. The van der Waals surface area contributed by atoms with E-state index >= 15 is 0 Å². The third-order valence-electron chi connectivity index (χ3n) is 3.73. The lowest BCUT2D eigenvalue weighted by molar-refractivity contribution is -0.137. The number of hydrogen-bond acceptors (Lipinski definition) is 6. The van der Waals surface area contributed by atoms with Gasteiger partial charge in [0.05, 0.1) is 37.0 Å². The first-order valence-corrected chi connectivity index (χ1v) is 10.8. The molecule has 1 aliphatic heterocycles. The number of aromatic nitrogens is 2. The largest absolute Gasteiger partial charge is 0.444 e. The van der Waals surface area contributed by atoms with Crippen LogP contribution in [-0.2, 0) is 26.8 Å². The summed E-state index contributed by atoms with van der Waals surface area (Å²) in [6.07, 6.45) is -5.15. The maximum absolute atomic E-state index is 12.7. The monoisotopic (exact) mass is 479 g/mol. The molecule has 1 amide bonds. The van der Waals surface area contributed by atoms with Gasteiger partial charge in [0.25, 0.3) is 0 Å². The van der Waals surface area contributed by atoms with Crippen LogP contribution in [0.1, 0.15) is 59.9 Å².